The van der Waals surface area contributed by atoms with Crippen molar-refractivity contribution in [2.45, 2.75) is 51.6 Å². The number of carbonyl (C=O) groups excluding carboxylic acids is 2. The minimum Gasteiger partial charge on any atom is -0.333 e. The minimum atomic E-state index is 0.104. The molecule has 1 aliphatic carbocycles. The Hall–Kier alpha value is -1.84. The predicted octanol–water partition coefficient (Wildman–Crippen LogP) is 2.83. The van der Waals surface area contributed by atoms with E-state index in [4.69, 9.17) is 0 Å². The van der Waals surface area contributed by atoms with Gasteiger partial charge in [0.2, 0.25) is 5.91 Å². The molecule has 1 aliphatic heterocycles. The number of carbonyl (C=O) groups is 2. The molecular formula is C17H22N2O2. The molecule has 2 aliphatic rings. The van der Waals surface area contributed by atoms with Crippen molar-refractivity contribution in [1.29, 1.82) is 0 Å². The molecule has 0 aromatic heterocycles. The lowest BCUT2D eigenvalue weighted by atomic mass is 10.1. The Labute approximate surface area is 125 Å². The fraction of sp³-hybridized carbons (Fsp3) is 0.529. The summed E-state index contributed by atoms with van der Waals surface area (Å²) in [7, 11) is 0. The quantitative estimate of drug-likeness (QED) is 0.854. The summed E-state index contributed by atoms with van der Waals surface area (Å²) in [5.74, 6) is 0.280. The summed E-state index contributed by atoms with van der Waals surface area (Å²) in [6.07, 6.45) is 3.78. The first-order valence-corrected chi connectivity index (χ1v) is 7.81. The summed E-state index contributed by atoms with van der Waals surface area (Å²) < 4.78 is 0. The first-order valence-electron chi connectivity index (χ1n) is 7.81. The van der Waals surface area contributed by atoms with Gasteiger partial charge in [0.1, 0.15) is 0 Å². The summed E-state index contributed by atoms with van der Waals surface area (Å²) in [5, 5.41) is 0. The van der Waals surface area contributed by atoms with Crippen molar-refractivity contribution in [3.63, 3.8) is 0 Å². The van der Waals surface area contributed by atoms with E-state index in [1.165, 1.54) is 0 Å². The molecule has 0 N–H and O–H groups in total. The van der Waals surface area contributed by atoms with Crippen LogP contribution in [0.1, 0.15) is 49.9 Å². The van der Waals surface area contributed by atoms with Crippen LogP contribution in [0.3, 0.4) is 0 Å². The number of nitrogens with zero attached hydrogens (tertiary/aromatic N) is 2. The molecular weight excluding hydrogens is 264 g/mol. The van der Waals surface area contributed by atoms with Crippen molar-refractivity contribution in [2.24, 2.45) is 0 Å². The lowest BCUT2D eigenvalue weighted by Gasteiger charge is -2.27. The van der Waals surface area contributed by atoms with Crippen LogP contribution in [-0.2, 0) is 4.79 Å². The van der Waals surface area contributed by atoms with Gasteiger partial charge in [0, 0.05) is 36.3 Å². The lowest BCUT2D eigenvalue weighted by molar-refractivity contribution is -0.117. The number of hydrogen-bond donors (Lipinski definition) is 0. The van der Waals surface area contributed by atoms with Crippen molar-refractivity contribution in [2.75, 3.05) is 11.4 Å². The molecule has 0 unspecified atom stereocenters. The third kappa shape index (κ3) is 2.80. The summed E-state index contributed by atoms with van der Waals surface area (Å²) in [4.78, 5) is 28.1. The smallest absolute Gasteiger partial charge is 0.254 e. The van der Waals surface area contributed by atoms with Crippen LogP contribution in [0, 0.1) is 0 Å². The van der Waals surface area contributed by atoms with Gasteiger partial charge in [0.25, 0.3) is 5.91 Å². The second-order valence-corrected chi connectivity index (χ2v) is 6.23. The van der Waals surface area contributed by atoms with Crippen LogP contribution in [0.2, 0.25) is 0 Å². The molecule has 0 radical (unpaired) electrons. The highest BCUT2D eigenvalue weighted by atomic mass is 16.2. The molecule has 2 fully saturated rings. The molecule has 21 heavy (non-hydrogen) atoms. The SMILES string of the molecule is CC(C)N(C(=O)c1ccc(N2CCCC2=O)cc1)C1CC1. The van der Waals surface area contributed by atoms with E-state index in [9.17, 15) is 9.59 Å². The zero-order valence-electron chi connectivity index (χ0n) is 12.7. The number of rotatable bonds is 4. The van der Waals surface area contributed by atoms with Crippen LogP contribution in [0.25, 0.3) is 0 Å². The molecule has 0 atom stereocenters. The summed E-state index contributed by atoms with van der Waals surface area (Å²) in [5.41, 5.74) is 1.61. The van der Waals surface area contributed by atoms with E-state index < -0.39 is 0 Å². The van der Waals surface area contributed by atoms with Gasteiger partial charge in [-0.3, -0.25) is 9.59 Å². The van der Waals surface area contributed by atoms with E-state index >= 15 is 0 Å². The van der Waals surface area contributed by atoms with Crippen LogP contribution in [0.15, 0.2) is 24.3 Å². The first kappa shape index (κ1) is 14.1. The van der Waals surface area contributed by atoms with Crippen LogP contribution in [-0.4, -0.2) is 35.3 Å². The van der Waals surface area contributed by atoms with E-state index in [1.807, 2.05) is 29.2 Å². The maximum Gasteiger partial charge on any atom is 0.254 e. The second-order valence-electron chi connectivity index (χ2n) is 6.23. The standard InChI is InChI=1S/C17H22N2O2/c1-12(2)19(15-9-10-15)17(21)13-5-7-14(8-6-13)18-11-3-4-16(18)20/h5-8,12,15H,3-4,9-11H2,1-2H3. The maximum absolute atomic E-state index is 12.6. The summed E-state index contributed by atoms with van der Waals surface area (Å²) >= 11 is 0. The van der Waals surface area contributed by atoms with Gasteiger partial charge in [-0.2, -0.15) is 0 Å². The van der Waals surface area contributed by atoms with E-state index in [0.717, 1.165) is 31.5 Å². The van der Waals surface area contributed by atoms with Gasteiger partial charge >= 0.3 is 0 Å². The van der Waals surface area contributed by atoms with Crippen molar-refractivity contribution < 1.29 is 9.59 Å². The second kappa shape index (κ2) is 5.51. The first-order chi connectivity index (χ1) is 10.1. The van der Waals surface area contributed by atoms with E-state index in [0.29, 0.717) is 18.0 Å². The zero-order valence-corrected chi connectivity index (χ0v) is 12.7. The molecule has 1 saturated heterocycles. The monoisotopic (exact) mass is 286 g/mol. The van der Waals surface area contributed by atoms with Gasteiger partial charge in [0.15, 0.2) is 0 Å². The largest absolute Gasteiger partial charge is 0.333 e. The van der Waals surface area contributed by atoms with Crippen LogP contribution in [0.5, 0.6) is 0 Å². The normalized spacial score (nSPS) is 18.4. The number of hydrogen-bond acceptors (Lipinski definition) is 2. The van der Waals surface area contributed by atoms with Crippen LogP contribution < -0.4 is 4.90 Å². The van der Waals surface area contributed by atoms with Gasteiger partial charge < -0.3 is 9.80 Å². The molecule has 1 aromatic carbocycles. The fourth-order valence-electron chi connectivity index (χ4n) is 3.03. The van der Waals surface area contributed by atoms with Gasteiger partial charge in [0.05, 0.1) is 0 Å². The fourth-order valence-corrected chi connectivity index (χ4v) is 3.03. The molecule has 1 heterocycles. The average molecular weight is 286 g/mol. The highest BCUT2D eigenvalue weighted by Gasteiger charge is 2.34. The van der Waals surface area contributed by atoms with Gasteiger partial charge in [-0.25, -0.2) is 0 Å². The number of amides is 2. The van der Waals surface area contributed by atoms with E-state index in [2.05, 4.69) is 13.8 Å². The number of benzene rings is 1. The zero-order chi connectivity index (χ0) is 15.0. The molecule has 2 amide bonds. The molecule has 1 saturated carbocycles. The molecule has 4 nitrogen and oxygen atoms in total. The topological polar surface area (TPSA) is 40.6 Å². The van der Waals surface area contributed by atoms with Crippen molar-refractivity contribution in [3.8, 4) is 0 Å². The molecule has 0 spiro atoms. The molecule has 3 rings (SSSR count). The Morgan fingerprint density at radius 2 is 1.90 bits per heavy atom. The Bertz CT molecular complexity index is 544. The van der Waals surface area contributed by atoms with Gasteiger partial charge in [-0.15, -0.1) is 0 Å². The van der Waals surface area contributed by atoms with Crippen molar-refractivity contribution in [1.82, 2.24) is 4.90 Å². The Morgan fingerprint density at radius 3 is 2.38 bits per heavy atom. The summed E-state index contributed by atoms with van der Waals surface area (Å²) in [6.45, 7) is 4.91. The minimum absolute atomic E-state index is 0.104. The van der Waals surface area contributed by atoms with E-state index in [-0.39, 0.29) is 17.9 Å². The molecule has 112 valence electrons. The van der Waals surface area contributed by atoms with Gasteiger partial charge in [-0.1, -0.05) is 0 Å². The third-order valence-corrected chi connectivity index (χ3v) is 4.23. The molecule has 1 aromatic rings. The van der Waals surface area contributed by atoms with Crippen molar-refractivity contribution in [3.05, 3.63) is 29.8 Å². The number of anilines is 1. The van der Waals surface area contributed by atoms with Crippen LogP contribution >= 0.6 is 0 Å². The lowest BCUT2D eigenvalue weighted by Crippen LogP contribution is -2.38. The highest BCUT2D eigenvalue weighted by Crippen LogP contribution is 2.30. The van der Waals surface area contributed by atoms with Gasteiger partial charge in [-0.05, 0) is 57.4 Å². The average Bonchev–Trinajstić information content (AvgIpc) is 3.19. The Balaban J connectivity index is 1.77. The Morgan fingerprint density at radius 1 is 1.24 bits per heavy atom. The maximum atomic E-state index is 12.6. The molecule has 4 heteroatoms. The van der Waals surface area contributed by atoms with E-state index in [1.54, 1.807) is 4.90 Å². The van der Waals surface area contributed by atoms with Crippen LogP contribution in [0.4, 0.5) is 5.69 Å². The summed E-state index contributed by atoms with van der Waals surface area (Å²) in [6, 6.07) is 8.12. The van der Waals surface area contributed by atoms with Crippen molar-refractivity contribution >= 4 is 17.5 Å². The highest BCUT2D eigenvalue weighted by molar-refractivity contribution is 5.97. The molecule has 0 bridgehead atoms. The Kier molecular flexibility index (Phi) is 3.70. The predicted molar refractivity (Wildman–Crippen MR) is 82.4 cm³/mol. The third-order valence-electron chi connectivity index (χ3n) is 4.23.